The molecule has 1 saturated heterocycles. The molecule has 2 unspecified atom stereocenters. The predicted octanol–water partition coefficient (Wildman–Crippen LogP) is 4.06. The van der Waals surface area contributed by atoms with Crippen LogP contribution in [-0.4, -0.2) is 37.1 Å². The zero-order valence-corrected chi connectivity index (χ0v) is 14.2. The van der Waals surface area contributed by atoms with Crippen LogP contribution in [0.3, 0.4) is 0 Å². The molecule has 2 heteroatoms. The van der Waals surface area contributed by atoms with Crippen LogP contribution in [0.5, 0.6) is 0 Å². The van der Waals surface area contributed by atoms with E-state index in [9.17, 15) is 0 Å². The van der Waals surface area contributed by atoms with Crippen molar-refractivity contribution in [1.82, 2.24) is 10.2 Å². The normalized spacial score (nSPS) is 33.0. The van der Waals surface area contributed by atoms with Gasteiger partial charge in [0.05, 0.1) is 0 Å². The summed E-state index contributed by atoms with van der Waals surface area (Å²) in [6, 6.07) is 0.769. The summed E-state index contributed by atoms with van der Waals surface area (Å²) in [5, 5.41) is 3.95. The molecule has 2 nitrogen and oxygen atoms in total. The van der Waals surface area contributed by atoms with E-state index in [1.165, 1.54) is 90.4 Å². The molecular formula is C19H36N2. The summed E-state index contributed by atoms with van der Waals surface area (Å²) in [5.74, 6) is 2.93. The van der Waals surface area contributed by atoms with Crippen molar-refractivity contribution in [2.24, 2.45) is 17.8 Å². The molecule has 21 heavy (non-hydrogen) atoms. The SMILES string of the molecule is CCC1CC(NCC2CCCCC2)CN(CC2CCC2)C1. The Labute approximate surface area is 132 Å². The van der Waals surface area contributed by atoms with Crippen molar-refractivity contribution in [3.63, 3.8) is 0 Å². The van der Waals surface area contributed by atoms with Gasteiger partial charge >= 0.3 is 0 Å². The molecule has 0 spiro atoms. The lowest BCUT2D eigenvalue weighted by atomic mass is 9.83. The summed E-state index contributed by atoms with van der Waals surface area (Å²) in [4.78, 5) is 2.79. The van der Waals surface area contributed by atoms with Crippen LogP contribution in [0.25, 0.3) is 0 Å². The fourth-order valence-electron chi connectivity index (χ4n) is 4.66. The first-order valence-corrected chi connectivity index (χ1v) is 9.79. The van der Waals surface area contributed by atoms with Crippen molar-refractivity contribution in [1.29, 1.82) is 0 Å². The molecule has 2 atom stereocenters. The van der Waals surface area contributed by atoms with E-state index in [0.29, 0.717) is 0 Å². The monoisotopic (exact) mass is 292 g/mol. The van der Waals surface area contributed by atoms with Crippen LogP contribution in [0.15, 0.2) is 0 Å². The molecule has 0 aromatic heterocycles. The van der Waals surface area contributed by atoms with Crippen molar-refractivity contribution in [3.05, 3.63) is 0 Å². The van der Waals surface area contributed by atoms with Gasteiger partial charge in [0.2, 0.25) is 0 Å². The molecule has 3 rings (SSSR count). The average molecular weight is 293 g/mol. The van der Waals surface area contributed by atoms with Crippen LogP contribution < -0.4 is 5.32 Å². The molecule has 2 saturated carbocycles. The molecule has 3 aliphatic rings. The summed E-state index contributed by atoms with van der Waals surface area (Å²) in [5.41, 5.74) is 0. The Morgan fingerprint density at radius 1 is 0.857 bits per heavy atom. The molecule has 0 aromatic carbocycles. The van der Waals surface area contributed by atoms with Crippen molar-refractivity contribution in [2.75, 3.05) is 26.2 Å². The Bertz CT molecular complexity index is 292. The van der Waals surface area contributed by atoms with Gasteiger partial charge in [-0.25, -0.2) is 0 Å². The Kier molecular flexibility index (Phi) is 5.99. The second kappa shape index (κ2) is 7.97. The standard InChI is InChI=1S/C19H36N2/c1-2-16-11-19(20-12-17-7-4-3-5-8-17)15-21(13-16)14-18-9-6-10-18/h16-20H,2-15H2,1H3. The topological polar surface area (TPSA) is 15.3 Å². The highest BCUT2D eigenvalue weighted by Crippen LogP contribution is 2.29. The summed E-state index contributed by atoms with van der Waals surface area (Å²) >= 11 is 0. The maximum atomic E-state index is 3.95. The first kappa shape index (κ1) is 15.8. The van der Waals surface area contributed by atoms with Crippen LogP contribution in [-0.2, 0) is 0 Å². The molecule has 1 aliphatic heterocycles. The molecule has 2 aliphatic carbocycles. The lowest BCUT2D eigenvalue weighted by Crippen LogP contribution is -2.51. The van der Waals surface area contributed by atoms with Crippen LogP contribution >= 0.6 is 0 Å². The highest BCUT2D eigenvalue weighted by molar-refractivity contribution is 4.86. The summed E-state index contributed by atoms with van der Waals surface area (Å²) < 4.78 is 0. The van der Waals surface area contributed by atoms with Gasteiger partial charge in [-0.3, -0.25) is 0 Å². The van der Waals surface area contributed by atoms with Gasteiger partial charge in [0.1, 0.15) is 0 Å². The minimum absolute atomic E-state index is 0.769. The number of nitrogens with zero attached hydrogens (tertiary/aromatic N) is 1. The highest BCUT2D eigenvalue weighted by Gasteiger charge is 2.29. The molecule has 0 radical (unpaired) electrons. The average Bonchev–Trinajstić information content (AvgIpc) is 2.50. The van der Waals surface area contributed by atoms with Gasteiger partial charge < -0.3 is 10.2 Å². The third kappa shape index (κ3) is 4.69. The molecule has 1 heterocycles. The fourth-order valence-corrected chi connectivity index (χ4v) is 4.66. The van der Waals surface area contributed by atoms with Gasteiger partial charge in [0.25, 0.3) is 0 Å². The van der Waals surface area contributed by atoms with Crippen LogP contribution in [0.4, 0.5) is 0 Å². The predicted molar refractivity (Wildman–Crippen MR) is 90.5 cm³/mol. The maximum Gasteiger partial charge on any atom is 0.0198 e. The van der Waals surface area contributed by atoms with Gasteiger partial charge in [-0.05, 0) is 56.4 Å². The molecule has 0 bridgehead atoms. The van der Waals surface area contributed by atoms with E-state index in [0.717, 1.165) is 23.8 Å². The van der Waals surface area contributed by atoms with E-state index in [2.05, 4.69) is 17.1 Å². The number of likely N-dealkylation sites (tertiary alicyclic amines) is 1. The zero-order valence-electron chi connectivity index (χ0n) is 14.2. The van der Waals surface area contributed by atoms with Gasteiger partial charge in [-0.2, -0.15) is 0 Å². The van der Waals surface area contributed by atoms with Crippen LogP contribution in [0.1, 0.15) is 71.1 Å². The number of hydrogen-bond donors (Lipinski definition) is 1. The van der Waals surface area contributed by atoms with Crippen molar-refractivity contribution in [3.8, 4) is 0 Å². The maximum absolute atomic E-state index is 3.95. The van der Waals surface area contributed by atoms with Crippen molar-refractivity contribution < 1.29 is 0 Å². The summed E-state index contributed by atoms with van der Waals surface area (Å²) in [7, 11) is 0. The molecule has 122 valence electrons. The molecular weight excluding hydrogens is 256 g/mol. The minimum Gasteiger partial charge on any atom is -0.312 e. The van der Waals surface area contributed by atoms with Crippen LogP contribution in [0, 0.1) is 17.8 Å². The Morgan fingerprint density at radius 3 is 2.29 bits per heavy atom. The smallest absolute Gasteiger partial charge is 0.0198 e. The third-order valence-electron chi connectivity index (χ3n) is 6.35. The van der Waals surface area contributed by atoms with E-state index in [1.54, 1.807) is 0 Å². The second-order valence-corrected chi connectivity index (χ2v) is 8.13. The van der Waals surface area contributed by atoms with Crippen molar-refractivity contribution in [2.45, 2.75) is 77.2 Å². The minimum atomic E-state index is 0.769. The third-order valence-corrected chi connectivity index (χ3v) is 6.35. The second-order valence-electron chi connectivity index (χ2n) is 8.13. The summed E-state index contributed by atoms with van der Waals surface area (Å²) in [6.07, 6.45) is 14.6. The first-order chi connectivity index (χ1) is 10.3. The van der Waals surface area contributed by atoms with Gasteiger partial charge in [0.15, 0.2) is 0 Å². The number of rotatable bonds is 6. The lowest BCUT2D eigenvalue weighted by Gasteiger charge is -2.41. The van der Waals surface area contributed by atoms with Crippen LogP contribution in [0.2, 0.25) is 0 Å². The van der Waals surface area contributed by atoms with Gasteiger partial charge in [-0.1, -0.05) is 39.0 Å². The molecule has 3 fully saturated rings. The van der Waals surface area contributed by atoms with E-state index >= 15 is 0 Å². The Hall–Kier alpha value is -0.0800. The van der Waals surface area contributed by atoms with Crippen molar-refractivity contribution >= 4 is 0 Å². The van der Waals surface area contributed by atoms with E-state index in [-0.39, 0.29) is 0 Å². The number of piperidine rings is 1. The quantitative estimate of drug-likeness (QED) is 0.794. The first-order valence-electron chi connectivity index (χ1n) is 9.79. The van der Waals surface area contributed by atoms with E-state index in [4.69, 9.17) is 0 Å². The molecule has 0 aromatic rings. The largest absolute Gasteiger partial charge is 0.312 e. The fraction of sp³-hybridized carbons (Fsp3) is 1.00. The van der Waals surface area contributed by atoms with Gasteiger partial charge in [-0.15, -0.1) is 0 Å². The van der Waals surface area contributed by atoms with E-state index < -0.39 is 0 Å². The Balaban J connectivity index is 1.43. The van der Waals surface area contributed by atoms with E-state index in [1.807, 2.05) is 0 Å². The lowest BCUT2D eigenvalue weighted by molar-refractivity contribution is 0.0981. The van der Waals surface area contributed by atoms with Gasteiger partial charge in [0, 0.05) is 25.7 Å². The zero-order chi connectivity index (χ0) is 14.5. The summed E-state index contributed by atoms with van der Waals surface area (Å²) in [6.45, 7) is 7.75. The number of hydrogen-bond acceptors (Lipinski definition) is 2. The number of nitrogens with one attached hydrogen (secondary N) is 1. The molecule has 1 N–H and O–H groups in total. The Morgan fingerprint density at radius 2 is 1.62 bits per heavy atom. The molecule has 0 amide bonds. The highest BCUT2D eigenvalue weighted by atomic mass is 15.2.